The molecular formula is C13H26N2O2. The molecule has 0 aromatic heterocycles. The van der Waals surface area contributed by atoms with Gasteiger partial charge in [-0.05, 0) is 46.1 Å². The molecule has 0 unspecified atom stereocenters. The second-order valence-corrected chi connectivity index (χ2v) is 5.10. The van der Waals surface area contributed by atoms with Crippen LogP contribution < -0.4 is 5.32 Å². The largest absolute Gasteiger partial charge is 0.382 e. The molecule has 0 radical (unpaired) electrons. The maximum absolute atomic E-state index is 11.6. The summed E-state index contributed by atoms with van der Waals surface area (Å²) in [6.45, 7) is 10.3. The highest BCUT2D eigenvalue weighted by Crippen LogP contribution is 2.18. The fourth-order valence-electron chi connectivity index (χ4n) is 2.26. The minimum atomic E-state index is 0.144. The second-order valence-electron chi connectivity index (χ2n) is 5.10. The molecular weight excluding hydrogens is 216 g/mol. The maximum Gasteiger partial charge on any atom is 0.234 e. The summed E-state index contributed by atoms with van der Waals surface area (Å²) >= 11 is 0. The van der Waals surface area contributed by atoms with E-state index >= 15 is 0 Å². The first-order chi connectivity index (χ1) is 8.11. The fourth-order valence-corrected chi connectivity index (χ4v) is 2.26. The Morgan fingerprint density at radius 1 is 1.53 bits per heavy atom. The van der Waals surface area contributed by atoms with Crippen molar-refractivity contribution in [3.8, 4) is 0 Å². The van der Waals surface area contributed by atoms with E-state index in [9.17, 15) is 4.79 Å². The number of nitrogens with zero attached hydrogens (tertiary/aromatic N) is 1. The third-order valence-corrected chi connectivity index (χ3v) is 3.06. The molecule has 1 rings (SSSR count). The van der Waals surface area contributed by atoms with Gasteiger partial charge in [-0.25, -0.2) is 0 Å². The fraction of sp³-hybridized carbons (Fsp3) is 0.923. The molecule has 1 amide bonds. The Morgan fingerprint density at radius 2 is 2.29 bits per heavy atom. The first-order valence-corrected chi connectivity index (χ1v) is 6.71. The lowest BCUT2D eigenvalue weighted by atomic mass is 10.1. The predicted octanol–water partition coefficient (Wildman–Crippen LogP) is 1.26. The van der Waals surface area contributed by atoms with Crippen LogP contribution in [-0.4, -0.2) is 49.7 Å². The van der Waals surface area contributed by atoms with Crippen LogP contribution in [0.3, 0.4) is 0 Å². The Labute approximate surface area is 105 Å². The van der Waals surface area contributed by atoms with Crippen molar-refractivity contribution in [3.05, 3.63) is 0 Å². The Balaban J connectivity index is 2.14. The zero-order chi connectivity index (χ0) is 12.7. The summed E-state index contributed by atoms with van der Waals surface area (Å²) in [7, 11) is 0. The summed E-state index contributed by atoms with van der Waals surface area (Å²) < 4.78 is 5.37. The monoisotopic (exact) mass is 242 g/mol. The van der Waals surface area contributed by atoms with Crippen molar-refractivity contribution in [2.75, 3.05) is 32.8 Å². The molecule has 4 heteroatoms. The van der Waals surface area contributed by atoms with Crippen LogP contribution in [0.1, 0.15) is 33.6 Å². The lowest BCUT2D eigenvalue weighted by molar-refractivity contribution is -0.122. The highest BCUT2D eigenvalue weighted by molar-refractivity contribution is 5.78. The van der Waals surface area contributed by atoms with Gasteiger partial charge < -0.3 is 10.1 Å². The molecule has 17 heavy (non-hydrogen) atoms. The van der Waals surface area contributed by atoms with Crippen LogP contribution in [-0.2, 0) is 9.53 Å². The van der Waals surface area contributed by atoms with Crippen molar-refractivity contribution in [2.45, 2.75) is 39.7 Å². The van der Waals surface area contributed by atoms with E-state index in [0.717, 1.165) is 32.7 Å². The van der Waals surface area contributed by atoms with Gasteiger partial charge in [-0.1, -0.05) is 0 Å². The van der Waals surface area contributed by atoms with E-state index in [0.29, 0.717) is 12.5 Å². The van der Waals surface area contributed by atoms with Crippen molar-refractivity contribution < 1.29 is 9.53 Å². The number of amides is 1. The lowest BCUT2D eigenvalue weighted by Gasteiger charge is -2.16. The van der Waals surface area contributed by atoms with Gasteiger partial charge >= 0.3 is 0 Å². The number of likely N-dealkylation sites (tertiary alicyclic amines) is 1. The van der Waals surface area contributed by atoms with Crippen molar-refractivity contribution >= 4 is 5.91 Å². The molecule has 1 saturated heterocycles. The Hall–Kier alpha value is -0.610. The molecule has 1 atom stereocenters. The molecule has 0 saturated carbocycles. The van der Waals surface area contributed by atoms with Gasteiger partial charge in [0.2, 0.25) is 5.91 Å². The number of nitrogens with one attached hydrogen (secondary N) is 1. The summed E-state index contributed by atoms with van der Waals surface area (Å²) in [5, 5.41) is 2.93. The molecule has 1 fully saturated rings. The van der Waals surface area contributed by atoms with E-state index < -0.39 is 0 Å². The van der Waals surface area contributed by atoms with Gasteiger partial charge in [0.1, 0.15) is 0 Å². The van der Waals surface area contributed by atoms with Crippen LogP contribution in [0.2, 0.25) is 0 Å². The number of carbonyl (C=O) groups is 1. The van der Waals surface area contributed by atoms with Gasteiger partial charge in [0.05, 0.1) is 6.54 Å². The lowest BCUT2D eigenvalue weighted by Crippen LogP contribution is -2.39. The number of ether oxygens (including phenoxy) is 1. The van der Waals surface area contributed by atoms with E-state index in [2.05, 4.69) is 10.2 Å². The maximum atomic E-state index is 11.6. The average molecular weight is 242 g/mol. The van der Waals surface area contributed by atoms with Gasteiger partial charge in [0.25, 0.3) is 0 Å². The molecule has 100 valence electrons. The van der Waals surface area contributed by atoms with Crippen molar-refractivity contribution in [1.82, 2.24) is 10.2 Å². The molecule has 1 heterocycles. The first-order valence-electron chi connectivity index (χ1n) is 6.71. The molecule has 1 N–H and O–H groups in total. The third-order valence-electron chi connectivity index (χ3n) is 3.06. The van der Waals surface area contributed by atoms with Gasteiger partial charge in [-0.2, -0.15) is 0 Å². The summed E-state index contributed by atoms with van der Waals surface area (Å²) in [4.78, 5) is 13.8. The number of hydrogen-bond donors (Lipinski definition) is 1. The van der Waals surface area contributed by atoms with E-state index in [1.165, 1.54) is 6.42 Å². The molecule has 1 aliphatic heterocycles. The first kappa shape index (κ1) is 14.5. The van der Waals surface area contributed by atoms with Crippen LogP contribution in [0.5, 0.6) is 0 Å². The van der Waals surface area contributed by atoms with Crippen molar-refractivity contribution in [3.63, 3.8) is 0 Å². The van der Waals surface area contributed by atoms with Crippen LogP contribution in [0.15, 0.2) is 0 Å². The molecule has 0 spiro atoms. The molecule has 0 aliphatic carbocycles. The Kier molecular flexibility index (Phi) is 6.52. The smallest absolute Gasteiger partial charge is 0.234 e. The highest BCUT2D eigenvalue weighted by atomic mass is 16.5. The van der Waals surface area contributed by atoms with Crippen LogP contribution in [0.25, 0.3) is 0 Å². The summed E-state index contributed by atoms with van der Waals surface area (Å²) in [6, 6.07) is 0.235. The van der Waals surface area contributed by atoms with Crippen molar-refractivity contribution in [2.24, 2.45) is 5.92 Å². The average Bonchev–Trinajstić information content (AvgIpc) is 2.64. The minimum absolute atomic E-state index is 0.144. The highest BCUT2D eigenvalue weighted by Gasteiger charge is 2.23. The molecule has 0 aromatic carbocycles. The Morgan fingerprint density at radius 3 is 2.94 bits per heavy atom. The number of rotatable bonds is 7. The minimum Gasteiger partial charge on any atom is -0.382 e. The van der Waals surface area contributed by atoms with Gasteiger partial charge in [0, 0.05) is 25.8 Å². The zero-order valence-corrected chi connectivity index (χ0v) is 11.4. The summed E-state index contributed by atoms with van der Waals surface area (Å²) in [5.41, 5.74) is 0. The SMILES string of the molecule is CCOCC[C@H]1CCN(CC(=O)NC(C)C)C1. The molecule has 4 nitrogen and oxygen atoms in total. The van der Waals surface area contributed by atoms with Crippen molar-refractivity contribution in [1.29, 1.82) is 0 Å². The van der Waals surface area contributed by atoms with Gasteiger partial charge in [-0.15, -0.1) is 0 Å². The molecule has 0 aromatic rings. The van der Waals surface area contributed by atoms with E-state index in [1.54, 1.807) is 0 Å². The third kappa shape index (κ3) is 6.03. The summed E-state index contributed by atoms with van der Waals surface area (Å²) in [5.74, 6) is 0.846. The number of hydrogen-bond acceptors (Lipinski definition) is 3. The van der Waals surface area contributed by atoms with Gasteiger partial charge in [-0.3, -0.25) is 9.69 Å². The zero-order valence-electron chi connectivity index (χ0n) is 11.4. The van der Waals surface area contributed by atoms with Crippen LogP contribution in [0.4, 0.5) is 0 Å². The van der Waals surface area contributed by atoms with E-state index in [4.69, 9.17) is 4.74 Å². The van der Waals surface area contributed by atoms with E-state index in [-0.39, 0.29) is 11.9 Å². The normalized spacial score (nSPS) is 21.1. The van der Waals surface area contributed by atoms with Gasteiger partial charge in [0.15, 0.2) is 0 Å². The quantitative estimate of drug-likeness (QED) is 0.683. The summed E-state index contributed by atoms with van der Waals surface area (Å²) in [6.07, 6.45) is 2.32. The second kappa shape index (κ2) is 7.67. The van der Waals surface area contributed by atoms with Crippen LogP contribution >= 0.6 is 0 Å². The van der Waals surface area contributed by atoms with E-state index in [1.807, 2.05) is 20.8 Å². The standard InChI is InChI=1S/C13H26N2O2/c1-4-17-8-6-12-5-7-15(9-12)10-13(16)14-11(2)3/h11-12H,4-10H2,1-3H3,(H,14,16)/t12-/m1/s1. The molecule has 1 aliphatic rings. The number of carbonyl (C=O) groups excluding carboxylic acids is 1. The Bertz CT molecular complexity index is 231. The topological polar surface area (TPSA) is 41.6 Å². The molecule has 0 bridgehead atoms. The van der Waals surface area contributed by atoms with Crippen LogP contribution in [0, 0.1) is 5.92 Å². The predicted molar refractivity (Wildman–Crippen MR) is 68.9 cm³/mol.